The maximum atomic E-state index is 12.6. The maximum absolute atomic E-state index is 12.6. The quantitative estimate of drug-likeness (QED) is 0.512. The Kier molecular flexibility index (Phi) is 5.98. The second-order valence-electron chi connectivity index (χ2n) is 10.1. The van der Waals surface area contributed by atoms with E-state index in [0.29, 0.717) is 17.2 Å². The highest BCUT2D eigenvalue weighted by atomic mass is 32.2. The number of aromatic nitrogens is 2. The summed E-state index contributed by atoms with van der Waals surface area (Å²) < 4.78 is 27.2. The van der Waals surface area contributed by atoms with Crippen molar-refractivity contribution in [2.75, 3.05) is 5.75 Å². The van der Waals surface area contributed by atoms with Crippen LogP contribution in [0.2, 0.25) is 0 Å². The average Bonchev–Trinajstić information content (AvgIpc) is 3.37. The van der Waals surface area contributed by atoms with Gasteiger partial charge in [-0.3, -0.25) is 0 Å². The van der Waals surface area contributed by atoms with Crippen molar-refractivity contribution in [3.63, 3.8) is 0 Å². The number of allylic oxidation sites excluding steroid dienone is 1. The molecule has 0 saturated heterocycles. The van der Waals surface area contributed by atoms with Crippen molar-refractivity contribution < 1.29 is 13.5 Å². The van der Waals surface area contributed by atoms with Gasteiger partial charge in [-0.15, -0.1) is 0 Å². The fraction of sp³-hybridized carbons (Fsp3) is 0.393. The van der Waals surface area contributed by atoms with Gasteiger partial charge in [-0.2, -0.15) is 5.10 Å². The molecule has 0 radical (unpaired) electrons. The molecule has 2 aliphatic carbocycles. The first kappa shape index (κ1) is 23.1. The summed E-state index contributed by atoms with van der Waals surface area (Å²) in [4.78, 5) is 0.325. The Morgan fingerprint density at radius 1 is 1.15 bits per heavy atom. The van der Waals surface area contributed by atoms with E-state index >= 15 is 0 Å². The van der Waals surface area contributed by atoms with Crippen LogP contribution in [0.25, 0.3) is 11.8 Å². The van der Waals surface area contributed by atoms with Crippen LogP contribution in [0.4, 0.5) is 0 Å². The molecule has 178 valence electrons. The number of aliphatic hydroxyl groups excluding tert-OH is 1. The number of benzene rings is 2. The van der Waals surface area contributed by atoms with Crippen LogP contribution in [0.5, 0.6) is 0 Å². The van der Waals surface area contributed by atoms with Crippen LogP contribution in [0, 0.1) is 18.3 Å². The lowest BCUT2D eigenvalue weighted by Gasteiger charge is -2.37. The van der Waals surface area contributed by atoms with Crippen molar-refractivity contribution in [3.8, 4) is 5.69 Å². The van der Waals surface area contributed by atoms with Crippen LogP contribution >= 0.6 is 0 Å². The first-order chi connectivity index (χ1) is 16.3. The third-order valence-corrected chi connectivity index (χ3v) is 9.57. The van der Waals surface area contributed by atoms with E-state index in [2.05, 4.69) is 49.3 Å². The summed E-state index contributed by atoms with van der Waals surface area (Å²) in [6.07, 6.45) is 7.47. The number of fused-ring (bicyclic) bond motifs is 2. The summed E-state index contributed by atoms with van der Waals surface area (Å²) >= 11 is 0. The number of nitrogens with zero attached hydrogens (tertiary/aromatic N) is 2. The Morgan fingerprint density at radius 2 is 1.88 bits per heavy atom. The maximum Gasteiger partial charge on any atom is 0.178 e. The predicted octanol–water partition coefficient (Wildman–Crippen LogP) is 5.15. The highest BCUT2D eigenvalue weighted by Gasteiger charge is 2.45. The highest BCUT2D eigenvalue weighted by molar-refractivity contribution is 7.91. The Morgan fingerprint density at radius 3 is 2.62 bits per heavy atom. The molecule has 5 rings (SSSR count). The fourth-order valence-electron chi connectivity index (χ4n) is 5.69. The van der Waals surface area contributed by atoms with E-state index in [4.69, 9.17) is 0 Å². The van der Waals surface area contributed by atoms with Gasteiger partial charge in [0.2, 0.25) is 0 Å². The number of sulfone groups is 1. The Hall–Kier alpha value is -2.70. The SMILES string of the molecule is Cc1ccc(-n2ncc3c2C=C2CCC(CC(O)CCS(=O)(=O)c4ccccc4)C2(C)C3)cc1. The first-order valence-corrected chi connectivity index (χ1v) is 13.7. The molecule has 1 N–H and O–H groups in total. The standard InChI is InChI=1S/C28H32N2O3S/c1-20-8-12-24(13-9-20)30-27-17-23-11-10-22(28(23,2)18-21(27)19-29-30)16-25(31)14-15-34(32,33)26-6-4-3-5-7-26/h3-9,12-13,17,19,22,25,31H,10-11,14-16,18H2,1-2H3. The summed E-state index contributed by atoms with van der Waals surface area (Å²) in [5.74, 6) is 0.293. The van der Waals surface area contributed by atoms with Crippen LogP contribution in [0.15, 0.2) is 71.3 Å². The molecule has 3 atom stereocenters. The van der Waals surface area contributed by atoms with E-state index < -0.39 is 15.9 Å². The molecule has 1 aromatic heterocycles. The minimum absolute atomic E-state index is 0.0204. The lowest BCUT2D eigenvalue weighted by Crippen LogP contribution is -2.31. The third-order valence-electron chi connectivity index (χ3n) is 7.81. The van der Waals surface area contributed by atoms with Gasteiger partial charge in [-0.1, -0.05) is 48.4 Å². The van der Waals surface area contributed by atoms with Gasteiger partial charge in [-0.25, -0.2) is 13.1 Å². The fourth-order valence-corrected chi connectivity index (χ4v) is 7.08. The Labute approximate surface area is 202 Å². The van der Waals surface area contributed by atoms with Crippen molar-refractivity contribution in [2.45, 2.75) is 57.0 Å². The average molecular weight is 477 g/mol. The summed E-state index contributed by atoms with van der Waals surface area (Å²) in [5, 5.41) is 15.5. The molecule has 0 spiro atoms. The van der Waals surface area contributed by atoms with Gasteiger partial charge in [0.25, 0.3) is 0 Å². The minimum Gasteiger partial charge on any atom is -0.393 e. The molecule has 0 bridgehead atoms. The van der Waals surface area contributed by atoms with Crippen LogP contribution in [-0.2, 0) is 16.3 Å². The molecule has 2 aliphatic rings. The van der Waals surface area contributed by atoms with Gasteiger partial charge < -0.3 is 5.11 Å². The molecular formula is C28H32N2O3S. The molecule has 0 aliphatic heterocycles. The number of aliphatic hydroxyl groups is 1. The molecule has 3 aromatic rings. The largest absolute Gasteiger partial charge is 0.393 e. The molecular weight excluding hydrogens is 444 g/mol. The predicted molar refractivity (Wildman–Crippen MR) is 135 cm³/mol. The normalized spacial score (nSPS) is 22.7. The van der Waals surface area contributed by atoms with Gasteiger partial charge in [0.05, 0.1) is 34.3 Å². The molecule has 0 amide bonds. The summed E-state index contributed by atoms with van der Waals surface area (Å²) in [5.41, 5.74) is 6.09. The van der Waals surface area contributed by atoms with E-state index in [0.717, 1.165) is 30.6 Å². The monoisotopic (exact) mass is 476 g/mol. The number of aryl methyl sites for hydroxylation is 1. The van der Waals surface area contributed by atoms with Gasteiger partial charge >= 0.3 is 0 Å². The summed E-state index contributed by atoms with van der Waals surface area (Å²) in [6.45, 7) is 4.38. The third kappa shape index (κ3) is 4.25. The van der Waals surface area contributed by atoms with Crippen molar-refractivity contribution >= 4 is 15.9 Å². The molecule has 34 heavy (non-hydrogen) atoms. The van der Waals surface area contributed by atoms with Gasteiger partial charge in [0.1, 0.15) is 0 Å². The second kappa shape index (κ2) is 8.82. The van der Waals surface area contributed by atoms with E-state index in [1.54, 1.807) is 30.3 Å². The van der Waals surface area contributed by atoms with E-state index in [9.17, 15) is 13.5 Å². The van der Waals surface area contributed by atoms with Crippen LogP contribution in [0.3, 0.4) is 0 Å². The number of rotatable bonds is 7. The summed E-state index contributed by atoms with van der Waals surface area (Å²) in [6, 6.07) is 16.9. The van der Waals surface area contributed by atoms with Crippen molar-refractivity contribution in [2.24, 2.45) is 11.3 Å². The topological polar surface area (TPSA) is 72.2 Å². The summed E-state index contributed by atoms with van der Waals surface area (Å²) in [7, 11) is -3.38. The van der Waals surface area contributed by atoms with Crippen molar-refractivity contribution in [3.05, 3.63) is 83.2 Å². The Bertz CT molecular complexity index is 1310. The zero-order chi connectivity index (χ0) is 23.9. The second-order valence-corrected chi connectivity index (χ2v) is 12.2. The van der Waals surface area contributed by atoms with Crippen LogP contribution < -0.4 is 0 Å². The number of hydrogen-bond acceptors (Lipinski definition) is 4. The minimum atomic E-state index is -3.38. The molecule has 1 saturated carbocycles. The van der Waals surface area contributed by atoms with E-state index in [-0.39, 0.29) is 17.6 Å². The van der Waals surface area contributed by atoms with E-state index in [1.807, 2.05) is 10.9 Å². The molecule has 6 heteroatoms. The lowest BCUT2D eigenvalue weighted by molar-refractivity contribution is 0.109. The zero-order valence-electron chi connectivity index (χ0n) is 19.8. The first-order valence-electron chi connectivity index (χ1n) is 12.1. The molecule has 1 heterocycles. The highest BCUT2D eigenvalue weighted by Crippen LogP contribution is 2.54. The zero-order valence-corrected chi connectivity index (χ0v) is 20.6. The molecule has 5 nitrogen and oxygen atoms in total. The molecule has 3 unspecified atom stereocenters. The lowest BCUT2D eigenvalue weighted by atomic mass is 9.68. The van der Waals surface area contributed by atoms with Gasteiger partial charge in [0, 0.05) is 0 Å². The van der Waals surface area contributed by atoms with Crippen LogP contribution in [0.1, 0.15) is 49.4 Å². The van der Waals surface area contributed by atoms with Gasteiger partial charge in [0.15, 0.2) is 9.84 Å². The van der Waals surface area contributed by atoms with Crippen molar-refractivity contribution in [1.29, 1.82) is 0 Å². The van der Waals surface area contributed by atoms with Gasteiger partial charge in [-0.05, 0) is 86.3 Å². The Balaban J connectivity index is 1.29. The van der Waals surface area contributed by atoms with Crippen molar-refractivity contribution in [1.82, 2.24) is 9.78 Å². The van der Waals surface area contributed by atoms with E-state index in [1.165, 1.54) is 16.7 Å². The smallest absolute Gasteiger partial charge is 0.178 e. The molecule has 1 fully saturated rings. The molecule has 2 aromatic carbocycles. The number of hydrogen-bond donors (Lipinski definition) is 1. The van der Waals surface area contributed by atoms with Crippen LogP contribution in [-0.4, -0.2) is 35.2 Å².